The molecule has 9 N–H and O–H groups in total. The molecule has 0 bridgehead atoms. The number of rotatable bonds is 10. The number of aromatic hydroxyl groups is 2. The maximum absolute atomic E-state index is 10.9. The summed E-state index contributed by atoms with van der Waals surface area (Å²) >= 11 is 0. The Morgan fingerprint density at radius 3 is 2.15 bits per heavy atom. The standard InChI is InChI=1S/C29H40O12/c1-13-22(11-34)41-29(28(38)25(13)35)40-12-20-16(7-30)3-14-4-17(8-31)26(36)19(10-33)23(14)24(20)15-5-18(9-32)27(37)21(6-15)39-2/h4-6,13,16,20,22,24-25,28-38H,3,7-12H2,1-2H3/t13-,16-,20+,22?,24?,25+,28?,29-/m1/s1. The highest BCUT2D eigenvalue weighted by molar-refractivity contribution is 5.57. The molecule has 2 aromatic carbocycles. The highest BCUT2D eigenvalue weighted by Gasteiger charge is 2.45. The van der Waals surface area contributed by atoms with Crippen molar-refractivity contribution in [1.82, 2.24) is 0 Å². The third kappa shape index (κ3) is 5.76. The first kappa shape index (κ1) is 31.4. The SMILES string of the molecule is COc1cc(C2c3c(cc(CO)c(O)c3CO)C[C@H](CO)[C@@H]2CO[C@@H]2OC(CO)[C@@H](C)[C@H](O)C2O)cc(CO)c1O. The Balaban J connectivity index is 1.85. The summed E-state index contributed by atoms with van der Waals surface area (Å²) in [5, 5.41) is 93.0. The van der Waals surface area contributed by atoms with Crippen molar-refractivity contribution < 1.29 is 60.2 Å². The minimum atomic E-state index is -1.41. The molecule has 1 saturated heterocycles. The number of aliphatic hydroxyl groups is 7. The molecule has 8 atom stereocenters. The van der Waals surface area contributed by atoms with Gasteiger partial charge in [-0.25, -0.2) is 0 Å². The van der Waals surface area contributed by atoms with Crippen molar-refractivity contribution in [3.8, 4) is 17.2 Å². The maximum Gasteiger partial charge on any atom is 0.186 e. The van der Waals surface area contributed by atoms with Gasteiger partial charge in [-0.1, -0.05) is 6.92 Å². The van der Waals surface area contributed by atoms with Gasteiger partial charge in [0.25, 0.3) is 0 Å². The van der Waals surface area contributed by atoms with E-state index in [-0.39, 0.29) is 47.2 Å². The second-order valence-corrected chi connectivity index (χ2v) is 10.8. The zero-order chi connectivity index (χ0) is 30.0. The molecule has 0 spiro atoms. The van der Waals surface area contributed by atoms with Crippen molar-refractivity contribution in [1.29, 1.82) is 0 Å². The molecule has 41 heavy (non-hydrogen) atoms. The third-order valence-corrected chi connectivity index (χ3v) is 8.62. The number of phenols is 2. The lowest BCUT2D eigenvalue weighted by Crippen LogP contribution is -2.55. The fourth-order valence-electron chi connectivity index (χ4n) is 6.24. The van der Waals surface area contributed by atoms with E-state index in [4.69, 9.17) is 14.2 Å². The van der Waals surface area contributed by atoms with E-state index in [2.05, 4.69) is 0 Å². The second-order valence-electron chi connectivity index (χ2n) is 10.8. The van der Waals surface area contributed by atoms with Crippen LogP contribution in [0.3, 0.4) is 0 Å². The molecule has 1 fully saturated rings. The van der Waals surface area contributed by atoms with E-state index >= 15 is 0 Å². The van der Waals surface area contributed by atoms with Crippen LogP contribution in [-0.2, 0) is 35.7 Å². The first-order valence-electron chi connectivity index (χ1n) is 13.6. The van der Waals surface area contributed by atoms with Gasteiger partial charge in [-0.2, -0.15) is 0 Å². The molecule has 0 amide bonds. The minimum Gasteiger partial charge on any atom is -0.507 e. The van der Waals surface area contributed by atoms with E-state index in [1.54, 1.807) is 25.1 Å². The predicted molar refractivity (Wildman–Crippen MR) is 143 cm³/mol. The number of hydrogen-bond donors (Lipinski definition) is 9. The molecule has 0 radical (unpaired) electrons. The monoisotopic (exact) mass is 580 g/mol. The van der Waals surface area contributed by atoms with Crippen molar-refractivity contribution in [2.45, 2.75) is 63.7 Å². The number of hydrogen-bond acceptors (Lipinski definition) is 12. The smallest absolute Gasteiger partial charge is 0.186 e. The summed E-state index contributed by atoms with van der Waals surface area (Å²) in [7, 11) is 1.36. The molecule has 228 valence electrons. The fraction of sp³-hybridized carbons (Fsp3) is 0.586. The van der Waals surface area contributed by atoms with Crippen molar-refractivity contribution in [3.63, 3.8) is 0 Å². The maximum atomic E-state index is 10.9. The van der Waals surface area contributed by atoms with Crippen LogP contribution in [0.5, 0.6) is 17.2 Å². The van der Waals surface area contributed by atoms with E-state index < -0.39 is 74.7 Å². The lowest BCUT2D eigenvalue weighted by Gasteiger charge is -2.44. The molecular weight excluding hydrogens is 540 g/mol. The second kappa shape index (κ2) is 13.2. The minimum absolute atomic E-state index is 0.0783. The quantitative estimate of drug-likeness (QED) is 0.176. The molecular formula is C29H40O12. The molecule has 1 aliphatic carbocycles. The molecule has 12 heteroatoms. The molecule has 1 heterocycles. The topological polar surface area (TPSA) is 210 Å². The molecule has 1 aliphatic heterocycles. The van der Waals surface area contributed by atoms with Crippen molar-refractivity contribution in [2.75, 3.05) is 26.9 Å². The Labute approximate surface area is 237 Å². The Hall–Kier alpha value is -2.52. The number of aliphatic hydroxyl groups excluding tert-OH is 7. The van der Waals surface area contributed by atoms with Crippen LogP contribution < -0.4 is 4.74 Å². The van der Waals surface area contributed by atoms with Gasteiger partial charge in [-0.3, -0.25) is 0 Å². The van der Waals surface area contributed by atoms with Gasteiger partial charge < -0.3 is 60.2 Å². The van der Waals surface area contributed by atoms with Crippen LogP contribution in [0, 0.1) is 17.8 Å². The van der Waals surface area contributed by atoms with Gasteiger partial charge in [0.1, 0.15) is 11.9 Å². The lowest BCUT2D eigenvalue weighted by atomic mass is 9.65. The van der Waals surface area contributed by atoms with Crippen LogP contribution >= 0.6 is 0 Å². The molecule has 2 aromatic rings. The molecule has 12 nitrogen and oxygen atoms in total. The van der Waals surface area contributed by atoms with Crippen LogP contribution in [0.25, 0.3) is 0 Å². The summed E-state index contributed by atoms with van der Waals surface area (Å²) in [4.78, 5) is 0. The van der Waals surface area contributed by atoms with E-state index in [9.17, 15) is 46.0 Å². The summed E-state index contributed by atoms with van der Waals surface area (Å²) in [5.41, 5.74) is 2.29. The average molecular weight is 581 g/mol. The zero-order valence-electron chi connectivity index (χ0n) is 23.1. The molecule has 0 saturated carbocycles. The number of methoxy groups -OCH3 is 1. The number of benzene rings is 2. The summed E-state index contributed by atoms with van der Waals surface area (Å²) in [6.45, 7) is -0.718. The van der Waals surface area contributed by atoms with Gasteiger partial charge in [-0.15, -0.1) is 0 Å². The molecule has 3 unspecified atom stereocenters. The third-order valence-electron chi connectivity index (χ3n) is 8.62. The molecule has 2 aliphatic rings. The van der Waals surface area contributed by atoms with Crippen molar-refractivity contribution in [3.05, 3.63) is 51.6 Å². The van der Waals surface area contributed by atoms with Gasteiger partial charge in [0, 0.05) is 35.1 Å². The van der Waals surface area contributed by atoms with E-state index in [0.29, 0.717) is 23.1 Å². The Bertz CT molecular complexity index is 1180. The first-order valence-corrected chi connectivity index (χ1v) is 13.6. The zero-order valence-corrected chi connectivity index (χ0v) is 23.1. The highest BCUT2D eigenvalue weighted by Crippen LogP contribution is 2.50. The summed E-state index contributed by atoms with van der Waals surface area (Å²) in [6.07, 6.45) is -4.40. The van der Waals surface area contributed by atoms with Crippen LogP contribution in [0.1, 0.15) is 46.2 Å². The highest BCUT2D eigenvalue weighted by atomic mass is 16.7. The van der Waals surface area contributed by atoms with Crippen LogP contribution in [0.15, 0.2) is 18.2 Å². The first-order chi connectivity index (χ1) is 19.6. The van der Waals surface area contributed by atoms with Gasteiger partial charge >= 0.3 is 0 Å². The normalized spacial score (nSPS) is 29.8. The largest absolute Gasteiger partial charge is 0.507 e. The lowest BCUT2D eigenvalue weighted by molar-refractivity contribution is -0.291. The Kier molecular flexibility index (Phi) is 10.1. The fourth-order valence-corrected chi connectivity index (χ4v) is 6.24. The van der Waals surface area contributed by atoms with Crippen LogP contribution in [-0.4, -0.2) is 97.5 Å². The van der Waals surface area contributed by atoms with Gasteiger partial charge in [0.2, 0.25) is 0 Å². The number of ether oxygens (including phenoxy) is 3. The van der Waals surface area contributed by atoms with E-state index in [0.717, 1.165) is 0 Å². The van der Waals surface area contributed by atoms with Crippen LogP contribution in [0.4, 0.5) is 0 Å². The summed E-state index contributed by atoms with van der Waals surface area (Å²) in [6, 6.07) is 4.75. The number of fused-ring (bicyclic) bond motifs is 1. The van der Waals surface area contributed by atoms with E-state index in [1.165, 1.54) is 7.11 Å². The Morgan fingerprint density at radius 2 is 1.56 bits per heavy atom. The van der Waals surface area contributed by atoms with Gasteiger partial charge in [-0.05, 0) is 53.1 Å². The Morgan fingerprint density at radius 1 is 0.878 bits per heavy atom. The van der Waals surface area contributed by atoms with Crippen LogP contribution in [0.2, 0.25) is 0 Å². The summed E-state index contributed by atoms with van der Waals surface area (Å²) < 4.78 is 17.1. The van der Waals surface area contributed by atoms with Gasteiger partial charge in [0.15, 0.2) is 17.8 Å². The van der Waals surface area contributed by atoms with Gasteiger partial charge in [0.05, 0.1) is 52.4 Å². The average Bonchev–Trinajstić information content (AvgIpc) is 2.98. The molecule has 0 aromatic heterocycles. The van der Waals surface area contributed by atoms with Crippen molar-refractivity contribution >= 4 is 0 Å². The predicted octanol–water partition coefficient (Wildman–Crippen LogP) is -0.412. The van der Waals surface area contributed by atoms with E-state index in [1.807, 2.05) is 0 Å². The molecule has 4 rings (SSSR count). The van der Waals surface area contributed by atoms with Crippen molar-refractivity contribution in [2.24, 2.45) is 17.8 Å². The summed E-state index contributed by atoms with van der Waals surface area (Å²) in [5.74, 6) is -2.72.